The molecule has 0 heterocycles. The largest absolute Gasteiger partial charge is 0.0991 e. The van der Waals surface area contributed by atoms with Gasteiger partial charge in [0.05, 0.1) is 0 Å². The second-order valence-electron chi connectivity index (χ2n) is 4.82. The predicted octanol–water partition coefficient (Wildman–Crippen LogP) is 6.80. The molecule has 0 heteroatoms. The summed E-state index contributed by atoms with van der Waals surface area (Å²) in [6.45, 7) is 9.82. The van der Waals surface area contributed by atoms with Gasteiger partial charge in [-0.15, -0.1) is 0 Å². The van der Waals surface area contributed by atoms with Crippen molar-refractivity contribution in [3.63, 3.8) is 0 Å². The molecule has 0 spiro atoms. The molecule has 0 bridgehead atoms. The summed E-state index contributed by atoms with van der Waals surface area (Å²) in [5.74, 6) is 0. The molecule has 0 aromatic heterocycles. The molecule has 2 aromatic rings. The van der Waals surface area contributed by atoms with Crippen molar-refractivity contribution in [2.45, 2.75) is 33.6 Å². The van der Waals surface area contributed by atoms with E-state index in [0.29, 0.717) is 0 Å². The normalized spacial score (nSPS) is 9.70. The molecule has 2 aromatic carbocycles. The molecule has 23 heavy (non-hydrogen) atoms. The van der Waals surface area contributed by atoms with Crippen LogP contribution >= 0.6 is 0 Å². The van der Waals surface area contributed by atoms with Gasteiger partial charge in [-0.3, -0.25) is 0 Å². The van der Waals surface area contributed by atoms with Crippen molar-refractivity contribution in [2.24, 2.45) is 0 Å². The van der Waals surface area contributed by atoms with E-state index < -0.39 is 0 Å². The maximum absolute atomic E-state index is 3.51. The molecule has 0 aliphatic carbocycles. The van der Waals surface area contributed by atoms with E-state index in [-0.39, 0.29) is 0 Å². The first kappa shape index (κ1) is 20.7. The third-order valence-corrected chi connectivity index (χ3v) is 3.05. The minimum Gasteiger partial charge on any atom is -0.0991 e. The van der Waals surface area contributed by atoms with Gasteiger partial charge in [-0.05, 0) is 30.9 Å². The summed E-state index contributed by atoms with van der Waals surface area (Å²) in [5, 5.41) is 0. The minimum absolute atomic E-state index is 1.14. The molecule has 0 saturated heterocycles. The molecular weight excluding hydrogens is 276 g/mol. The van der Waals surface area contributed by atoms with Crippen LogP contribution in [0.5, 0.6) is 0 Å². The van der Waals surface area contributed by atoms with Crippen molar-refractivity contribution in [3.05, 3.63) is 109 Å². The Hall–Kier alpha value is -2.34. The van der Waals surface area contributed by atoms with Crippen LogP contribution in [-0.2, 0) is 12.8 Å². The summed E-state index contributed by atoms with van der Waals surface area (Å²) < 4.78 is 0. The minimum atomic E-state index is 1.14. The van der Waals surface area contributed by atoms with E-state index in [1.807, 2.05) is 43.4 Å². The van der Waals surface area contributed by atoms with Crippen molar-refractivity contribution >= 4 is 0 Å². The molecule has 0 aliphatic rings. The molecule has 0 fully saturated rings. The van der Waals surface area contributed by atoms with Crippen molar-refractivity contribution in [3.8, 4) is 0 Å². The first-order valence-corrected chi connectivity index (χ1v) is 8.26. The summed E-state index contributed by atoms with van der Waals surface area (Å²) in [7, 11) is 0. The molecule has 0 N–H and O–H groups in total. The number of hydrogen-bond donors (Lipinski definition) is 0. The van der Waals surface area contributed by atoms with Gasteiger partial charge in [0.2, 0.25) is 0 Å². The molecule has 122 valence electrons. The van der Waals surface area contributed by atoms with E-state index in [1.54, 1.807) is 6.08 Å². The topological polar surface area (TPSA) is 0 Å². The van der Waals surface area contributed by atoms with Gasteiger partial charge < -0.3 is 0 Å². The van der Waals surface area contributed by atoms with Crippen LogP contribution < -0.4 is 0 Å². The standard InChI is InChI=1S/2C8H10.C7H10/c2*1-2-8-6-4-3-5-7-8;1-3-5-7-6-4-2/h2*3-7H,2H2,1H3;3-7H,1H2,2H3/b;;6-4-,7-5-. The van der Waals surface area contributed by atoms with Gasteiger partial charge in [0.25, 0.3) is 0 Å². The van der Waals surface area contributed by atoms with Crippen molar-refractivity contribution in [2.75, 3.05) is 0 Å². The lowest BCUT2D eigenvalue weighted by atomic mass is 10.2. The summed E-state index contributed by atoms with van der Waals surface area (Å²) >= 11 is 0. The number of rotatable bonds is 4. The van der Waals surface area contributed by atoms with E-state index in [1.165, 1.54) is 11.1 Å². The Morgan fingerprint density at radius 2 is 1.13 bits per heavy atom. The van der Waals surface area contributed by atoms with E-state index in [2.05, 4.69) is 69.0 Å². The number of allylic oxidation sites excluding steroid dienone is 5. The van der Waals surface area contributed by atoms with Crippen LogP contribution in [0.2, 0.25) is 0 Å². The highest BCUT2D eigenvalue weighted by molar-refractivity contribution is 5.14. The fourth-order valence-electron chi connectivity index (χ4n) is 1.68. The number of aryl methyl sites for hydroxylation is 2. The highest BCUT2D eigenvalue weighted by Crippen LogP contribution is 1.97. The highest BCUT2D eigenvalue weighted by Gasteiger charge is 1.80. The summed E-state index contributed by atoms with van der Waals surface area (Å²) in [6.07, 6.45) is 11.8. The second kappa shape index (κ2) is 16.0. The van der Waals surface area contributed by atoms with Crippen LogP contribution in [0, 0.1) is 0 Å². The van der Waals surface area contributed by atoms with E-state index >= 15 is 0 Å². The zero-order chi connectivity index (χ0) is 17.2. The van der Waals surface area contributed by atoms with Crippen LogP contribution in [0.25, 0.3) is 0 Å². The Morgan fingerprint density at radius 1 is 0.696 bits per heavy atom. The molecular formula is C23H30. The van der Waals surface area contributed by atoms with Crippen LogP contribution in [0.4, 0.5) is 0 Å². The van der Waals surface area contributed by atoms with Gasteiger partial charge in [-0.25, -0.2) is 0 Å². The predicted molar refractivity (Wildman–Crippen MR) is 106 cm³/mol. The molecule has 0 amide bonds. The van der Waals surface area contributed by atoms with Gasteiger partial charge in [0.1, 0.15) is 0 Å². The molecule has 2 rings (SSSR count). The lowest BCUT2D eigenvalue weighted by Gasteiger charge is -1.89. The van der Waals surface area contributed by atoms with Crippen molar-refractivity contribution < 1.29 is 0 Å². The van der Waals surface area contributed by atoms with Crippen molar-refractivity contribution in [1.29, 1.82) is 0 Å². The summed E-state index contributed by atoms with van der Waals surface area (Å²) in [4.78, 5) is 0. The highest BCUT2D eigenvalue weighted by atomic mass is 13.9. The Bertz CT molecular complexity index is 493. The van der Waals surface area contributed by atoms with Gasteiger partial charge in [-0.1, -0.05) is 111 Å². The van der Waals surface area contributed by atoms with Gasteiger partial charge >= 0.3 is 0 Å². The van der Waals surface area contributed by atoms with Gasteiger partial charge in [0, 0.05) is 0 Å². The van der Waals surface area contributed by atoms with E-state index in [4.69, 9.17) is 0 Å². The molecule has 0 saturated carbocycles. The Morgan fingerprint density at radius 3 is 1.39 bits per heavy atom. The maximum Gasteiger partial charge on any atom is -0.0307 e. The molecule has 0 aliphatic heterocycles. The Kier molecular flexibility index (Phi) is 14.4. The van der Waals surface area contributed by atoms with Crippen LogP contribution in [0.3, 0.4) is 0 Å². The SMILES string of the molecule is C=C/C=C\C=C/C.CCc1ccccc1.CCc1ccccc1. The fourth-order valence-corrected chi connectivity index (χ4v) is 1.68. The number of hydrogen-bond acceptors (Lipinski definition) is 0. The number of benzene rings is 2. The maximum atomic E-state index is 3.51. The van der Waals surface area contributed by atoms with Gasteiger partial charge in [0.15, 0.2) is 0 Å². The zero-order valence-corrected chi connectivity index (χ0v) is 14.8. The first-order chi connectivity index (χ1) is 11.3. The smallest absolute Gasteiger partial charge is 0.0307 e. The zero-order valence-electron chi connectivity index (χ0n) is 14.8. The second-order valence-corrected chi connectivity index (χ2v) is 4.82. The molecule has 0 radical (unpaired) electrons. The Labute approximate surface area is 142 Å². The van der Waals surface area contributed by atoms with Crippen LogP contribution in [0.1, 0.15) is 31.9 Å². The van der Waals surface area contributed by atoms with Crippen molar-refractivity contribution in [1.82, 2.24) is 0 Å². The average molecular weight is 306 g/mol. The quantitative estimate of drug-likeness (QED) is 0.545. The lowest BCUT2D eigenvalue weighted by Crippen LogP contribution is -1.73. The third kappa shape index (κ3) is 13.1. The summed E-state index contributed by atoms with van der Waals surface area (Å²) in [5.41, 5.74) is 2.82. The Balaban J connectivity index is 0.000000317. The monoisotopic (exact) mass is 306 g/mol. The average Bonchev–Trinajstić information content (AvgIpc) is 2.64. The first-order valence-electron chi connectivity index (χ1n) is 8.26. The summed E-state index contributed by atoms with van der Waals surface area (Å²) in [6, 6.07) is 20.9. The molecule has 0 atom stereocenters. The molecule has 0 nitrogen and oxygen atoms in total. The van der Waals surface area contributed by atoms with Crippen LogP contribution in [0.15, 0.2) is 97.6 Å². The lowest BCUT2D eigenvalue weighted by molar-refractivity contribution is 1.14. The third-order valence-electron chi connectivity index (χ3n) is 3.05. The van der Waals surface area contributed by atoms with E-state index in [9.17, 15) is 0 Å². The van der Waals surface area contributed by atoms with E-state index in [0.717, 1.165) is 12.8 Å². The van der Waals surface area contributed by atoms with Gasteiger partial charge in [-0.2, -0.15) is 0 Å². The molecule has 0 unspecified atom stereocenters. The van der Waals surface area contributed by atoms with Crippen LogP contribution in [-0.4, -0.2) is 0 Å². The fraction of sp³-hybridized carbons (Fsp3) is 0.217.